The van der Waals surface area contributed by atoms with Crippen LogP contribution in [0.1, 0.15) is 31.2 Å². The topological polar surface area (TPSA) is 98.5 Å². The first-order chi connectivity index (χ1) is 18.6. The number of carbonyl (C=O) groups is 1. The fourth-order valence-electron chi connectivity index (χ4n) is 4.88. The summed E-state index contributed by atoms with van der Waals surface area (Å²) in [4.78, 5) is 11.9. The molecule has 202 valence electrons. The number of rotatable bonds is 9. The molecule has 1 aliphatic carbocycles. The number of hydrogen-bond donors (Lipinski definition) is 2. The molecule has 0 unspecified atom stereocenters. The summed E-state index contributed by atoms with van der Waals surface area (Å²) in [5.74, 6) is -4.73. The van der Waals surface area contributed by atoms with Crippen LogP contribution in [0.4, 0.5) is 8.78 Å². The first kappa shape index (κ1) is 26.8. The van der Waals surface area contributed by atoms with Crippen LogP contribution in [0.25, 0.3) is 21.9 Å². The number of benzene rings is 4. The zero-order valence-corrected chi connectivity index (χ0v) is 21.8. The number of fused-ring (bicyclic) bond motifs is 1. The van der Waals surface area contributed by atoms with Crippen LogP contribution in [0, 0.1) is 0 Å². The van der Waals surface area contributed by atoms with Gasteiger partial charge in [-0.1, -0.05) is 60.7 Å². The molecule has 0 aromatic heterocycles. The van der Waals surface area contributed by atoms with Crippen molar-refractivity contribution < 1.29 is 26.7 Å². The number of nitrogens with two attached hydrogens (primary N) is 1. The zero-order valence-electron chi connectivity index (χ0n) is 21.0. The lowest BCUT2D eigenvalue weighted by Gasteiger charge is -2.26. The molecule has 1 amide bonds. The van der Waals surface area contributed by atoms with Crippen LogP contribution in [0.15, 0.2) is 95.9 Å². The van der Waals surface area contributed by atoms with E-state index in [1.807, 2.05) is 10.8 Å². The second kappa shape index (κ2) is 10.7. The number of halogens is 2. The summed E-state index contributed by atoms with van der Waals surface area (Å²) in [6.07, 6.45) is 4.45. The van der Waals surface area contributed by atoms with Crippen molar-refractivity contribution in [2.75, 3.05) is 0 Å². The van der Waals surface area contributed by atoms with E-state index in [1.165, 1.54) is 24.3 Å². The van der Waals surface area contributed by atoms with E-state index in [-0.39, 0.29) is 11.0 Å². The van der Waals surface area contributed by atoms with Gasteiger partial charge in [0.25, 0.3) is 5.92 Å². The van der Waals surface area contributed by atoms with E-state index in [9.17, 15) is 13.2 Å². The molecule has 0 heterocycles. The molecular formula is C30H28F2N2O4S. The summed E-state index contributed by atoms with van der Waals surface area (Å²) >= 11 is 0. The van der Waals surface area contributed by atoms with Crippen LogP contribution < -0.4 is 15.2 Å². The van der Waals surface area contributed by atoms with Crippen LogP contribution in [-0.2, 0) is 20.7 Å². The van der Waals surface area contributed by atoms with E-state index < -0.39 is 33.5 Å². The maximum absolute atomic E-state index is 15.6. The Balaban J connectivity index is 1.40. The average Bonchev–Trinajstić information content (AvgIpc) is 3.45. The molecule has 6 nitrogen and oxygen atoms in total. The lowest BCUT2D eigenvalue weighted by molar-refractivity contribution is -0.130. The number of alkyl halides is 2. The van der Waals surface area contributed by atoms with Gasteiger partial charge in [0.1, 0.15) is 5.75 Å². The molecule has 0 radical (unpaired) electrons. The van der Waals surface area contributed by atoms with Crippen LogP contribution in [0.3, 0.4) is 0 Å². The van der Waals surface area contributed by atoms with Gasteiger partial charge in [-0.3, -0.25) is 4.79 Å². The van der Waals surface area contributed by atoms with Gasteiger partial charge in [0.2, 0.25) is 15.9 Å². The highest BCUT2D eigenvalue weighted by atomic mass is 32.2. The summed E-state index contributed by atoms with van der Waals surface area (Å²) < 4.78 is 65.5. The number of hydrogen-bond acceptors (Lipinski definition) is 4. The molecule has 1 fully saturated rings. The van der Waals surface area contributed by atoms with E-state index in [2.05, 4.69) is 0 Å². The Labute approximate surface area is 225 Å². The molecule has 0 bridgehead atoms. The van der Waals surface area contributed by atoms with Gasteiger partial charge in [0, 0.05) is 5.56 Å². The molecular weight excluding hydrogens is 522 g/mol. The van der Waals surface area contributed by atoms with Gasteiger partial charge >= 0.3 is 0 Å². The molecule has 0 aliphatic heterocycles. The lowest BCUT2D eigenvalue weighted by Crippen LogP contribution is -2.53. The Morgan fingerprint density at radius 2 is 1.54 bits per heavy atom. The predicted molar refractivity (Wildman–Crippen MR) is 146 cm³/mol. The van der Waals surface area contributed by atoms with Crippen molar-refractivity contribution in [3.8, 4) is 16.9 Å². The van der Waals surface area contributed by atoms with Crippen molar-refractivity contribution in [3.05, 3.63) is 96.6 Å². The number of amides is 1. The van der Waals surface area contributed by atoms with Gasteiger partial charge in [-0.2, -0.15) is 13.5 Å². The van der Waals surface area contributed by atoms with Crippen molar-refractivity contribution in [2.24, 2.45) is 5.73 Å². The highest BCUT2D eigenvalue weighted by Gasteiger charge is 2.47. The molecule has 4 aromatic carbocycles. The normalized spacial score (nSPS) is 15.3. The van der Waals surface area contributed by atoms with Crippen LogP contribution in [0.2, 0.25) is 0 Å². The van der Waals surface area contributed by atoms with Crippen LogP contribution in [0.5, 0.6) is 5.75 Å². The summed E-state index contributed by atoms with van der Waals surface area (Å²) in [5, 5.41) is 1.31. The molecule has 1 saturated carbocycles. The average molecular weight is 551 g/mol. The Morgan fingerprint density at radius 3 is 2.26 bits per heavy atom. The van der Waals surface area contributed by atoms with E-state index in [0.29, 0.717) is 22.3 Å². The Hall–Kier alpha value is -3.82. The van der Waals surface area contributed by atoms with Crippen LogP contribution in [-0.4, -0.2) is 26.5 Å². The zero-order chi connectivity index (χ0) is 27.6. The standard InChI is InChI=1S/C30H28F2N2O4S/c31-30(32,24-10-6-9-21(17-24)20-7-2-1-3-8-20)28(29(33)35)34-39(36,37)27-16-14-22-18-26(15-13-23(22)19-27)38-25-11-4-5-12-25/h1-3,6-10,13-19,25,28,34H,4-5,11-12H2,(H2,33,35)/t28-/m0/s1. The first-order valence-corrected chi connectivity index (χ1v) is 14.2. The Morgan fingerprint density at radius 1 is 0.872 bits per heavy atom. The Bertz CT molecular complexity index is 1600. The first-order valence-electron chi connectivity index (χ1n) is 12.7. The van der Waals surface area contributed by atoms with E-state index in [4.69, 9.17) is 10.5 Å². The Kier molecular flexibility index (Phi) is 7.38. The fraction of sp³-hybridized carbons (Fsp3) is 0.233. The van der Waals surface area contributed by atoms with Crippen molar-refractivity contribution in [2.45, 2.75) is 48.6 Å². The second-order valence-electron chi connectivity index (χ2n) is 9.72. The van der Waals surface area contributed by atoms with Crippen molar-refractivity contribution >= 4 is 26.7 Å². The van der Waals surface area contributed by atoms with Gasteiger partial charge in [0.05, 0.1) is 11.0 Å². The third-order valence-electron chi connectivity index (χ3n) is 6.97. The van der Waals surface area contributed by atoms with Gasteiger partial charge < -0.3 is 10.5 Å². The molecule has 3 N–H and O–H groups in total. The lowest BCUT2D eigenvalue weighted by atomic mass is 9.96. The number of ether oxygens (including phenoxy) is 1. The maximum Gasteiger partial charge on any atom is 0.298 e. The second-order valence-corrected chi connectivity index (χ2v) is 11.4. The largest absolute Gasteiger partial charge is 0.490 e. The van der Waals surface area contributed by atoms with Gasteiger partial charge in [-0.25, -0.2) is 8.42 Å². The number of carbonyl (C=O) groups excluding carboxylic acids is 1. The smallest absolute Gasteiger partial charge is 0.298 e. The molecule has 4 aromatic rings. The van der Waals surface area contributed by atoms with Gasteiger partial charge in [0.15, 0.2) is 6.04 Å². The predicted octanol–water partition coefficient (Wildman–Crippen LogP) is 5.75. The van der Waals surface area contributed by atoms with Gasteiger partial charge in [-0.15, -0.1) is 0 Å². The number of sulfonamides is 1. The molecule has 1 atom stereocenters. The quantitative estimate of drug-likeness (QED) is 0.277. The molecule has 9 heteroatoms. The number of primary amides is 1. The van der Waals surface area contributed by atoms with Crippen LogP contribution >= 0.6 is 0 Å². The molecule has 1 aliphatic rings. The highest BCUT2D eigenvalue weighted by molar-refractivity contribution is 7.89. The maximum atomic E-state index is 15.6. The third kappa shape index (κ3) is 5.79. The number of nitrogens with one attached hydrogen (secondary N) is 1. The van der Waals surface area contributed by atoms with Crippen molar-refractivity contribution in [3.63, 3.8) is 0 Å². The summed E-state index contributed by atoms with van der Waals surface area (Å²) in [6.45, 7) is 0. The van der Waals surface area contributed by atoms with E-state index in [0.717, 1.165) is 37.1 Å². The minimum Gasteiger partial charge on any atom is -0.490 e. The van der Waals surface area contributed by atoms with E-state index in [1.54, 1.807) is 54.6 Å². The molecule has 5 rings (SSSR count). The molecule has 0 saturated heterocycles. The fourth-order valence-corrected chi connectivity index (χ4v) is 6.12. The van der Waals surface area contributed by atoms with Crippen molar-refractivity contribution in [1.29, 1.82) is 0 Å². The summed E-state index contributed by atoms with van der Waals surface area (Å²) in [6, 6.07) is 21.3. The highest BCUT2D eigenvalue weighted by Crippen LogP contribution is 2.35. The molecule has 0 spiro atoms. The monoisotopic (exact) mass is 550 g/mol. The minimum atomic E-state index is -4.54. The molecule has 39 heavy (non-hydrogen) atoms. The minimum absolute atomic E-state index is 0.173. The van der Waals surface area contributed by atoms with E-state index >= 15 is 8.78 Å². The summed E-state index contributed by atoms with van der Waals surface area (Å²) in [7, 11) is -4.54. The summed E-state index contributed by atoms with van der Waals surface area (Å²) in [5.41, 5.74) is 5.95. The SMILES string of the molecule is NC(=O)[C@H](NS(=O)(=O)c1ccc2cc(OC3CCCC3)ccc2c1)C(F)(F)c1cccc(-c2ccccc2)c1. The van der Waals surface area contributed by atoms with Gasteiger partial charge in [-0.05, 0) is 77.9 Å². The van der Waals surface area contributed by atoms with Crippen molar-refractivity contribution in [1.82, 2.24) is 4.72 Å². The third-order valence-corrected chi connectivity index (χ3v) is 8.39.